The van der Waals surface area contributed by atoms with Crippen LogP contribution in [-0.2, 0) is 19.3 Å². The topological polar surface area (TPSA) is 20.2 Å². The van der Waals surface area contributed by atoms with Gasteiger partial charge in [-0.1, -0.05) is 26.0 Å². The van der Waals surface area contributed by atoms with Gasteiger partial charge in [-0.15, -0.1) is 0 Å². The summed E-state index contributed by atoms with van der Waals surface area (Å²) in [6.07, 6.45) is 5.13. The first kappa shape index (κ1) is 10.7. The largest absolute Gasteiger partial charge is 0.388 e. The normalized spacial score (nSPS) is 20.1. The van der Waals surface area contributed by atoms with Crippen molar-refractivity contribution in [2.75, 3.05) is 0 Å². The van der Waals surface area contributed by atoms with Gasteiger partial charge in [-0.25, -0.2) is 0 Å². The molecule has 15 heavy (non-hydrogen) atoms. The Morgan fingerprint density at radius 2 is 1.87 bits per heavy atom. The van der Waals surface area contributed by atoms with Gasteiger partial charge in [-0.2, -0.15) is 0 Å². The van der Waals surface area contributed by atoms with Crippen molar-refractivity contribution in [1.29, 1.82) is 0 Å². The third-order valence-electron chi connectivity index (χ3n) is 3.54. The van der Waals surface area contributed by atoms with E-state index < -0.39 is 0 Å². The lowest BCUT2D eigenvalue weighted by Crippen LogP contribution is -2.14. The van der Waals surface area contributed by atoms with Crippen molar-refractivity contribution < 1.29 is 5.11 Å². The lowest BCUT2D eigenvalue weighted by Gasteiger charge is -2.26. The van der Waals surface area contributed by atoms with Crippen LogP contribution in [-0.4, -0.2) is 5.11 Å². The first-order valence-electron chi connectivity index (χ1n) is 6.09. The summed E-state index contributed by atoms with van der Waals surface area (Å²) in [5.74, 6) is 0. The zero-order valence-electron chi connectivity index (χ0n) is 9.71. The Morgan fingerprint density at radius 1 is 1.20 bits per heavy atom. The van der Waals surface area contributed by atoms with E-state index in [1.807, 2.05) is 0 Å². The zero-order valence-corrected chi connectivity index (χ0v) is 9.71. The van der Waals surface area contributed by atoms with Gasteiger partial charge in [0.1, 0.15) is 0 Å². The molecule has 1 aliphatic carbocycles. The maximum atomic E-state index is 10.1. The van der Waals surface area contributed by atoms with E-state index in [1.54, 1.807) is 0 Å². The van der Waals surface area contributed by atoms with E-state index in [-0.39, 0.29) is 6.10 Å². The number of rotatable bonds is 2. The summed E-state index contributed by atoms with van der Waals surface area (Å²) in [6, 6.07) is 4.45. The van der Waals surface area contributed by atoms with Crippen molar-refractivity contribution in [3.05, 3.63) is 34.4 Å². The van der Waals surface area contributed by atoms with Crippen molar-refractivity contribution in [2.24, 2.45) is 0 Å². The number of benzene rings is 1. The fourth-order valence-corrected chi connectivity index (χ4v) is 2.72. The van der Waals surface area contributed by atoms with Crippen LogP contribution in [0.2, 0.25) is 0 Å². The molecule has 0 unspecified atom stereocenters. The lowest BCUT2D eigenvalue weighted by molar-refractivity contribution is 0.155. The highest BCUT2D eigenvalue weighted by atomic mass is 16.3. The molecule has 0 saturated heterocycles. The standard InChI is InChI=1S/C14H20O/c1-3-10-8-9-11(4-2)14-12(10)6-5-7-13(14)15/h8-9,13,15H,3-7H2,1-2H3/t13-/m1/s1. The molecule has 0 saturated carbocycles. The fraction of sp³-hybridized carbons (Fsp3) is 0.571. The second kappa shape index (κ2) is 4.36. The van der Waals surface area contributed by atoms with Crippen molar-refractivity contribution in [3.8, 4) is 0 Å². The third-order valence-corrected chi connectivity index (χ3v) is 3.54. The molecule has 1 aromatic carbocycles. The Balaban J connectivity index is 2.56. The van der Waals surface area contributed by atoms with E-state index in [4.69, 9.17) is 0 Å². The Kier molecular flexibility index (Phi) is 3.11. The van der Waals surface area contributed by atoms with Crippen molar-refractivity contribution in [2.45, 2.75) is 52.1 Å². The van der Waals surface area contributed by atoms with Crippen LogP contribution in [0.3, 0.4) is 0 Å². The summed E-state index contributed by atoms with van der Waals surface area (Å²) in [5.41, 5.74) is 5.47. The smallest absolute Gasteiger partial charge is 0.0795 e. The summed E-state index contributed by atoms with van der Waals surface area (Å²) in [6.45, 7) is 4.37. The molecule has 1 heteroatoms. The highest BCUT2D eigenvalue weighted by molar-refractivity contribution is 5.44. The average molecular weight is 204 g/mol. The van der Waals surface area contributed by atoms with Crippen LogP contribution >= 0.6 is 0 Å². The number of fused-ring (bicyclic) bond motifs is 1. The van der Waals surface area contributed by atoms with Crippen LogP contribution in [0.4, 0.5) is 0 Å². The minimum absolute atomic E-state index is 0.213. The van der Waals surface area contributed by atoms with Crippen LogP contribution in [0, 0.1) is 0 Å². The van der Waals surface area contributed by atoms with E-state index in [1.165, 1.54) is 22.3 Å². The van der Waals surface area contributed by atoms with Crippen LogP contribution in [0.15, 0.2) is 12.1 Å². The molecule has 82 valence electrons. The Labute approximate surface area is 92.1 Å². The summed E-state index contributed by atoms with van der Waals surface area (Å²) in [4.78, 5) is 0. The van der Waals surface area contributed by atoms with Gasteiger partial charge in [0.25, 0.3) is 0 Å². The van der Waals surface area contributed by atoms with E-state index in [0.717, 1.165) is 32.1 Å². The molecule has 0 heterocycles. The van der Waals surface area contributed by atoms with E-state index in [2.05, 4.69) is 26.0 Å². The van der Waals surface area contributed by atoms with Crippen LogP contribution in [0.1, 0.15) is 55.0 Å². The molecule has 0 spiro atoms. The molecule has 1 N–H and O–H groups in total. The molecule has 2 rings (SSSR count). The number of hydrogen-bond acceptors (Lipinski definition) is 1. The van der Waals surface area contributed by atoms with Crippen molar-refractivity contribution >= 4 is 0 Å². The van der Waals surface area contributed by atoms with Gasteiger partial charge >= 0.3 is 0 Å². The molecule has 0 radical (unpaired) electrons. The Hall–Kier alpha value is -0.820. The number of aryl methyl sites for hydroxylation is 2. The summed E-state index contributed by atoms with van der Waals surface area (Å²) >= 11 is 0. The average Bonchev–Trinajstić information content (AvgIpc) is 2.28. The zero-order chi connectivity index (χ0) is 10.8. The molecular formula is C14H20O. The fourth-order valence-electron chi connectivity index (χ4n) is 2.72. The number of aliphatic hydroxyl groups is 1. The van der Waals surface area contributed by atoms with Gasteiger partial charge in [0, 0.05) is 0 Å². The predicted octanol–water partition coefficient (Wildman–Crippen LogP) is 3.18. The number of hydrogen-bond donors (Lipinski definition) is 1. The highest BCUT2D eigenvalue weighted by Crippen LogP contribution is 2.34. The van der Waals surface area contributed by atoms with E-state index in [9.17, 15) is 5.11 Å². The third kappa shape index (κ3) is 1.81. The van der Waals surface area contributed by atoms with E-state index in [0.29, 0.717) is 0 Å². The maximum absolute atomic E-state index is 10.1. The van der Waals surface area contributed by atoms with Crippen LogP contribution in [0.5, 0.6) is 0 Å². The first-order valence-corrected chi connectivity index (χ1v) is 6.09. The molecule has 1 nitrogen and oxygen atoms in total. The van der Waals surface area contributed by atoms with Gasteiger partial charge in [-0.05, 0) is 54.4 Å². The minimum atomic E-state index is -0.213. The predicted molar refractivity (Wildman–Crippen MR) is 63.1 cm³/mol. The Morgan fingerprint density at radius 3 is 2.53 bits per heavy atom. The molecule has 1 aliphatic rings. The molecule has 0 amide bonds. The number of aliphatic hydroxyl groups excluding tert-OH is 1. The molecular weight excluding hydrogens is 184 g/mol. The monoisotopic (exact) mass is 204 g/mol. The maximum Gasteiger partial charge on any atom is 0.0795 e. The van der Waals surface area contributed by atoms with Crippen molar-refractivity contribution in [1.82, 2.24) is 0 Å². The Bertz CT molecular complexity index is 355. The molecule has 0 bridgehead atoms. The molecule has 0 aromatic heterocycles. The van der Waals surface area contributed by atoms with Gasteiger partial charge in [0.15, 0.2) is 0 Å². The second-order valence-electron chi connectivity index (χ2n) is 4.39. The first-order chi connectivity index (χ1) is 7.27. The lowest BCUT2D eigenvalue weighted by atomic mass is 9.82. The van der Waals surface area contributed by atoms with Gasteiger partial charge in [0.2, 0.25) is 0 Å². The van der Waals surface area contributed by atoms with Gasteiger partial charge in [-0.3, -0.25) is 0 Å². The SMILES string of the molecule is CCc1ccc(CC)c2c1CCC[C@H]2O. The van der Waals surface area contributed by atoms with Gasteiger partial charge in [0.05, 0.1) is 6.10 Å². The van der Waals surface area contributed by atoms with Crippen molar-refractivity contribution in [3.63, 3.8) is 0 Å². The minimum Gasteiger partial charge on any atom is -0.388 e. The van der Waals surface area contributed by atoms with Crippen LogP contribution < -0.4 is 0 Å². The quantitative estimate of drug-likeness (QED) is 0.784. The van der Waals surface area contributed by atoms with Gasteiger partial charge < -0.3 is 5.11 Å². The summed E-state index contributed by atoms with van der Waals surface area (Å²) in [5, 5.41) is 10.1. The summed E-state index contributed by atoms with van der Waals surface area (Å²) in [7, 11) is 0. The molecule has 0 fully saturated rings. The van der Waals surface area contributed by atoms with E-state index >= 15 is 0 Å². The second-order valence-corrected chi connectivity index (χ2v) is 4.39. The molecule has 1 aromatic rings. The molecule has 0 aliphatic heterocycles. The van der Waals surface area contributed by atoms with Crippen LogP contribution in [0.25, 0.3) is 0 Å². The highest BCUT2D eigenvalue weighted by Gasteiger charge is 2.22. The summed E-state index contributed by atoms with van der Waals surface area (Å²) < 4.78 is 0. The molecule has 1 atom stereocenters.